The van der Waals surface area contributed by atoms with Gasteiger partial charge >= 0.3 is 0 Å². The Hall–Kier alpha value is -1.29. The van der Waals surface area contributed by atoms with Crippen molar-refractivity contribution in [2.45, 2.75) is 34.1 Å². The molecule has 0 fully saturated rings. The molecule has 2 rings (SSSR count). The van der Waals surface area contributed by atoms with Crippen LogP contribution < -0.4 is 4.90 Å². The van der Waals surface area contributed by atoms with Gasteiger partial charge in [0, 0.05) is 23.8 Å². The van der Waals surface area contributed by atoms with E-state index in [0.29, 0.717) is 20.8 Å². The summed E-state index contributed by atoms with van der Waals surface area (Å²) in [6.45, 7) is 10.4. The number of hydrogen-bond donors (Lipinski definition) is 0. The number of azo groups is 1. The van der Waals surface area contributed by atoms with E-state index in [0.717, 1.165) is 36.3 Å². The Morgan fingerprint density at radius 3 is 1.92 bits per heavy atom. The molecule has 134 valence electrons. The molecule has 0 amide bonds. The van der Waals surface area contributed by atoms with Crippen LogP contribution in [0.15, 0.2) is 34.5 Å². The van der Waals surface area contributed by atoms with Crippen molar-refractivity contribution in [3.8, 4) is 0 Å². The smallest absolute Gasteiger partial charge is 0.123 e. The van der Waals surface area contributed by atoms with Crippen LogP contribution in [-0.4, -0.2) is 13.1 Å². The van der Waals surface area contributed by atoms with E-state index in [1.165, 1.54) is 5.69 Å². The van der Waals surface area contributed by atoms with E-state index in [1.54, 1.807) is 12.1 Å². The van der Waals surface area contributed by atoms with Crippen LogP contribution in [0.3, 0.4) is 0 Å². The molecular formula is C19H22Cl3N3. The van der Waals surface area contributed by atoms with Gasteiger partial charge in [0.05, 0.1) is 15.7 Å². The highest BCUT2D eigenvalue weighted by Gasteiger charge is 2.12. The van der Waals surface area contributed by atoms with E-state index in [-0.39, 0.29) is 0 Å². The maximum absolute atomic E-state index is 6.19. The molecule has 0 N–H and O–H groups in total. The lowest BCUT2D eigenvalue weighted by molar-refractivity contribution is 0.863. The van der Waals surface area contributed by atoms with Crippen LogP contribution in [0.5, 0.6) is 0 Å². The average Bonchev–Trinajstić information content (AvgIpc) is 2.56. The van der Waals surface area contributed by atoms with Crippen molar-refractivity contribution in [1.82, 2.24) is 0 Å². The van der Waals surface area contributed by atoms with Crippen LogP contribution in [0.4, 0.5) is 17.1 Å². The van der Waals surface area contributed by atoms with Crippen molar-refractivity contribution in [2.24, 2.45) is 10.2 Å². The van der Waals surface area contributed by atoms with Crippen molar-refractivity contribution in [1.29, 1.82) is 0 Å². The Morgan fingerprint density at radius 1 is 0.840 bits per heavy atom. The van der Waals surface area contributed by atoms with Gasteiger partial charge in [0.15, 0.2) is 0 Å². The van der Waals surface area contributed by atoms with Crippen molar-refractivity contribution >= 4 is 51.9 Å². The van der Waals surface area contributed by atoms with Gasteiger partial charge in [0.1, 0.15) is 5.69 Å². The van der Waals surface area contributed by atoms with Gasteiger partial charge < -0.3 is 4.90 Å². The summed E-state index contributed by atoms with van der Waals surface area (Å²) in [4.78, 5) is 2.32. The van der Waals surface area contributed by atoms with Crippen LogP contribution in [0.2, 0.25) is 15.1 Å². The van der Waals surface area contributed by atoms with Crippen LogP contribution in [0, 0.1) is 6.92 Å². The molecule has 0 spiro atoms. The molecule has 0 saturated carbocycles. The Morgan fingerprint density at radius 2 is 1.40 bits per heavy atom. The summed E-state index contributed by atoms with van der Waals surface area (Å²) in [6.07, 6.45) is 0.867. The van der Waals surface area contributed by atoms with Crippen LogP contribution in [0.1, 0.15) is 31.9 Å². The lowest BCUT2D eigenvalue weighted by atomic mass is 10.0. The molecule has 2 aromatic rings. The molecule has 0 bridgehead atoms. The minimum absolute atomic E-state index is 0.386. The highest BCUT2D eigenvalue weighted by Crippen LogP contribution is 2.38. The first kappa shape index (κ1) is 20.0. The van der Waals surface area contributed by atoms with E-state index < -0.39 is 0 Å². The van der Waals surface area contributed by atoms with E-state index in [2.05, 4.69) is 48.0 Å². The van der Waals surface area contributed by atoms with Gasteiger partial charge in [-0.25, -0.2) is 0 Å². The Balaban J connectivity index is 2.46. The van der Waals surface area contributed by atoms with Crippen molar-refractivity contribution in [3.63, 3.8) is 0 Å². The first-order valence-corrected chi connectivity index (χ1v) is 9.49. The summed E-state index contributed by atoms with van der Waals surface area (Å²) in [7, 11) is 0. The summed E-state index contributed by atoms with van der Waals surface area (Å²) in [5.74, 6) is 0. The molecule has 0 saturated heterocycles. The molecule has 0 aliphatic heterocycles. The zero-order valence-electron chi connectivity index (χ0n) is 14.9. The highest BCUT2D eigenvalue weighted by molar-refractivity contribution is 6.41. The second-order valence-electron chi connectivity index (χ2n) is 5.71. The Bertz CT molecular complexity index is 761. The fraction of sp³-hybridized carbons (Fsp3) is 0.368. The minimum atomic E-state index is 0.386. The van der Waals surface area contributed by atoms with Crippen LogP contribution in [0.25, 0.3) is 0 Å². The largest absolute Gasteiger partial charge is 0.372 e. The number of nitrogens with zero attached hydrogens (tertiary/aromatic N) is 3. The van der Waals surface area contributed by atoms with Gasteiger partial charge in [-0.05, 0) is 62.6 Å². The van der Waals surface area contributed by atoms with E-state index >= 15 is 0 Å². The quantitative estimate of drug-likeness (QED) is 0.456. The third-order valence-corrected chi connectivity index (χ3v) is 4.90. The standard InChI is InChI=1S/C19H22Cl3N3/c1-5-13-9-15(25(6-2)7-3)8-12(4)18(13)23-24-19-16(21)10-14(20)11-17(19)22/h8-11H,5-7H2,1-4H3. The van der Waals surface area contributed by atoms with Gasteiger partial charge in [0.25, 0.3) is 0 Å². The number of halogens is 3. The molecule has 2 aromatic carbocycles. The molecule has 0 unspecified atom stereocenters. The minimum Gasteiger partial charge on any atom is -0.372 e. The molecule has 0 radical (unpaired) electrons. The molecule has 3 nitrogen and oxygen atoms in total. The van der Waals surface area contributed by atoms with Gasteiger partial charge in [-0.15, -0.1) is 10.2 Å². The van der Waals surface area contributed by atoms with Crippen molar-refractivity contribution in [3.05, 3.63) is 50.5 Å². The highest BCUT2D eigenvalue weighted by atomic mass is 35.5. The lowest BCUT2D eigenvalue weighted by Crippen LogP contribution is -2.22. The molecule has 0 aliphatic carbocycles. The normalized spacial score (nSPS) is 11.3. The Kier molecular flexibility index (Phi) is 7.12. The number of rotatable bonds is 6. The molecule has 0 aromatic heterocycles. The van der Waals surface area contributed by atoms with Gasteiger partial charge in [-0.2, -0.15) is 0 Å². The Labute approximate surface area is 164 Å². The van der Waals surface area contributed by atoms with Crippen LogP contribution in [-0.2, 0) is 6.42 Å². The monoisotopic (exact) mass is 397 g/mol. The maximum Gasteiger partial charge on any atom is 0.123 e. The fourth-order valence-electron chi connectivity index (χ4n) is 2.75. The van der Waals surface area contributed by atoms with Gasteiger partial charge in [-0.3, -0.25) is 0 Å². The number of aryl methyl sites for hydroxylation is 2. The number of hydrogen-bond acceptors (Lipinski definition) is 3. The molecule has 0 aliphatic rings. The third kappa shape index (κ3) is 4.66. The first-order chi connectivity index (χ1) is 11.9. The number of benzene rings is 2. The molecule has 0 atom stereocenters. The predicted molar refractivity (Wildman–Crippen MR) is 110 cm³/mol. The molecule has 6 heteroatoms. The van der Waals surface area contributed by atoms with Crippen LogP contribution >= 0.6 is 34.8 Å². The summed E-state index contributed by atoms with van der Waals surface area (Å²) in [5.41, 5.74) is 4.72. The van der Waals surface area contributed by atoms with Gasteiger partial charge in [0.2, 0.25) is 0 Å². The average molecular weight is 399 g/mol. The molecule has 0 heterocycles. The third-order valence-electron chi connectivity index (χ3n) is 4.11. The second kappa shape index (κ2) is 8.88. The first-order valence-electron chi connectivity index (χ1n) is 8.35. The number of anilines is 1. The second-order valence-corrected chi connectivity index (χ2v) is 6.97. The fourth-order valence-corrected chi connectivity index (χ4v) is 3.64. The molecular weight excluding hydrogens is 377 g/mol. The zero-order chi connectivity index (χ0) is 18.6. The topological polar surface area (TPSA) is 28.0 Å². The van der Waals surface area contributed by atoms with Gasteiger partial charge in [-0.1, -0.05) is 41.7 Å². The summed E-state index contributed by atoms with van der Waals surface area (Å²) in [5, 5.41) is 9.98. The van der Waals surface area contributed by atoms with Crippen molar-refractivity contribution in [2.75, 3.05) is 18.0 Å². The predicted octanol–water partition coefficient (Wildman–Crippen LogP) is 7.78. The summed E-state index contributed by atoms with van der Waals surface area (Å²) in [6, 6.07) is 7.55. The SMILES string of the molecule is CCc1cc(N(CC)CC)cc(C)c1N=Nc1c(Cl)cc(Cl)cc1Cl. The van der Waals surface area contributed by atoms with E-state index in [1.807, 2.05) is 6.92 Å². The summed E-state index contributed by atoms with van der Waals surface area (Å²) < 4.78 is 0. The van der Waals surface area contributed by atoms with E-state index in [9.17, 15) is 0 Å². The lowest BCUT2D eigenvalue weighted by Gasteiger charge is -2.23. The van der Waals surface area contributed by atoms with Crippen molar-refractivity contribution < 1.29 is 0 Å². The summed E-state index contributed by atoms with van der Waals surface area (Å²) >= 11 is 18.3. The maximum atomic E-state index is 6.19. The zero-order valence-corrected chi connectivity index (χ0v) is 17.2. The van der Waals surface area contributed by atoms with E-state index in [4.69, 9.17) is 34.8 Å². The molecule has 25 heavy (non-hydrogen) atoms.